The quantitative estimate of drug-likeness (QED) is 0.359. The molecule has 0 fully saturated rings. The zero-order valence-corrected chi connectivity index (χ0v) is 9.04. The minimum absolute atomic E-state index is 0.119. The van der Waals surface area contributed by atoms with Gasteiger partial charge in [0, 0.05) is 19.1 Å². The first-order valence-corrected chi connectivity index (χ1v) is 4.58. The summed E-state index contributed by atoms with van der Waals surface area (Å²) in [5, 5.41) is 0. The number of hydrogen-bond donors (Lipinski definition) is 0. The summed E-state index contributed by atoms with van der Waals surface area (Å²) < 4.78 is 14.9. The van der Waals surface area contributed by atoms with E-state index in [0.29, 0.717) is 12.0 Å². The van der Waals surface area contributed by atoms with Gasteiger partial charge < -0.3 is 14.2 Å². The lowest BCUT2D eigenvalue weighted by atomic mass is 10.3. The van der Waals surface area contributed by atoms with E-state index in [1.165, 1.54) is 7.11 Å². The number of carbonyl (C=O) groups excluding carboxylic acids is 1. The molecule has 82 valence electrons. The van der Waals surface area contributed by atoms with Crippen LogP contribution in [0.4, 0.5) is 0 Å². The van der Waals surface area contributed by atoms with Gasteiger partial charge in [0.1, 0.15) is 0 Å². The molecular weight excluding hydrogens is 184 g/mol. The Bertz CT molecular complexity index is 189. The van der Waals surface area contributed by atoms with Gasteiger partial charge in [-0.15, -0.1) is 0 Å². The van der Waals surface area contributed by atoms with E-state index >= 15 is 0 Å². The lowest BCUT2D eigenvalue weighted by Crippen LogP contribution is -2.22. The number of rotatable bonds is 7. The molecule has 0 aromatic rings. The highest BCUT2D eigenvalue weighted by atomic mass is 16.8. The summed E-state index contributed by atoms with van der Waals surface area (Å²) in [6.45, 7) is 7.19. The molecule has 4 nitrogen and oxygen atoms in total. The van der Waals surface area contributed by atoms with Gasteiger partial charge in [-0.25, -0.2) is 4.79 Å². The number of esters is 1. The predicted octanol–water partition coefficient (Wildman–Crippen LogP) is 1.85. The molecule has 0 N–H and O–H groups in total. The second-order valence-corrected chi connectivity index (χ2v) is 2.98. The van der Waals surface area contributed by atoms with Crippen molar-refractivity contribution in [3.8, 4) is 0 Å². The van der Waals surface area contributed by atoms with Crippen molar-refractivity contribution in [3.63, 3.8) is 0 Å². The van der Waals surface area contributed by atoms with E-state index in [2.05, 4.69) is 6.58 Å². The van der Waals surface area contributed by atoms with E-state index in [0.717, 1.165) is 6.42 Å². The molecule has 0 saturated heterocycles. The fourth-order valence-electron chi connectivity index (χ4n) is 0.776. The molecule has 0 aromatic heterocycles. The first kappa shape index (κ1) is 13.1. The van der Waals surface area contributed by atoms with Crippen LogP contribution in [0.5, 0.6) is 0 Å². The van der Waals surface area contributed by atoms with Crippen LogP contribution in [-0.2, 0) is 19.0 Å². The molecule has 0 aliphatic carbocycles. The third kappa shape index (κ3) is 5.72. The fourth-order valence-corrected chi connectivity index (χ4v) is 0.776. The van der Waals surface area contributed by atoms with Gasteiger partial charge >= 0.3 is 5.97 Å². The first-order chi connectivity index (χ1) is 6.61. The second-order valence-electron chi connectivity index (χ2n) is 2.98. The average molecular weight is 202 g/mol. The van der Waals surface area contributed by atoms with Crippen molar-refractivity contribution in [2.45, 2.75) is 33.0 Å². The van der Waals surface area contributed by atoms with Crippen LogP contribution in [-0.4, -0.2) is 26.2 Å². The third-order valence-corrected chi connectivity index (χ3v) is 1.48. The molecule has 0 rings (SSSR count). The smallest absolute Gasteiger partial charge is 0.335 e. The summed E-state index contributed by atoms with van der Waals surface area (Å²) in [4.78, 5) is 11.1. The van der Waals surface area contributed by atoms with Crippen molar-refractivity contribution in [2.75, 3.05) is 13.9 Å². The molecule has 0 aromatic carbocycles. The summed E-state index contributed by atoms with van der Waals surface area (Å²) in [6, 6.07) is 0. The molecule has 0 amide bonds. The molecule has 0 radical (unpaired) electrons. The zero-order valence-electron chi connectivity index (χ0n) is 9.04. The van der Waals surface area contributed by atoms with Crippen LogP contribution in [0.2, 0.25) is 0 Å². The molecule has 1 atom stereocenters. The first-order valence-electron chi connectivity index (χ1n) is 4.58. The van der Waals surface area contributed by atoms with Crippen LogP contribution in [0.25, 0.3) is 0 Å². The summed E-state index contributed by atoms with van der Waals surface area (Å²) in [5.41, 5.74) is 0.368. The SMILES string of the molecule is C=C(C)C(=O)OC(CCC)OCOC. The second kappa shape index (κ2) is 7.53. The Hall–Kier alpha value is -0.870. The molecule has 0 aliphatic rings. The van der Waals surface area contributed by atoms with Crippen molar-refractivity contribution < 1.29 is 19.0 Å². The molecule has 0 bridgehead atoms. The Morgan fingerprint density at radius 2 is 2.14 bits per heavy atom. The van der Waals surface area contributed by atoms with Crippen LogP contribution in [0.1, 0.15) is 26.7 Å². The van der Waals surface area contributed by atoms with Crippen molar-refractivity contribution in [2.24, 2.45) is 0 Å². The van der Waals surface area contributed by atoms with Gasteiger partial charge in [-0.1, -0.05) is 19.9 Å². The molecule has 0 heterocycles. The van der Waals surface area contributed by atoms with Gasteiger partial charge in [0.25, 0.3) is 0 Å². The van der Waals surface area contributed by atoms with Crippen molar-refractivity contribution in [3.05, 3.63) is 12.2 Å². The van der Waals surface area contributed by atoms with Gasteiger partial charge in [0.15, 0.2) is 6.79 Å². The van der Waals surface area contributed by atoms with Crippen molar-refractivity contribution in [1.82, 2.24) is 0 Å². The summed E-state index contributed by atoms with van der Waals surface area (Å²) >= 11 is 0. The number of methoxy groups -OCH3 is 1. The van der Waals surface area contributed by atoms with Gasteiger partial charge in [0.2, 0.25) is 6.29 Å². The van der Waals surface area contributed by atoms with Crippen molar-refractivity contribution >= 4 is 5.97 Å². The van der Waals surface area contributed by atoms with Gasteiger partial charge in [0.05, 0.1) is 0 Å². The molecule has 4 heteroatoms. The van der Waals surface area contributed by atoms with Crippen LogP contribution >= 0.6 is 0 Å². The van der Waals surface area contributed by atoms with E-state index in [1.54, 1.807) is 6.92 Å². The summed E-state index contributed by atoms with van der Waals surface area (Å²) in [5.74, 6) is -0.431. The average Bonchev–Trinajstić information content (AvgIpc) is 2.14. The van der Waals surface area contributed by atoms with Crippen molar-refractivity contribution in [1.29, 1.82) is 0 Å². The molecule has 14 heavy (non-hydrogen) atoms. The molecule has 0 spiro atoms. The Labute approximate surface area is 84.8 Å². The van der Waals surface area contributed by atoms with Crippen LogP contribution in [0.3, 0.4) is 0 Å². The van der Waals surface area contributed by atoms with Crippen LogP contribution in [0, 0.1) is 0 Å². The zero-order chi connectivity index (χ0) is 11.0. The normalized spacial score (nSPS) is 12.2. The van der Waals surface area contributed by atoms with E-state index in [-0.39, 0.29) is 6.79 Å². The molecular formula is C10H18O4. The van der Waals surface area contributed by atoms with E-state index in [4.69, 9.17) is 14.2 Å². The maximum Gasteiger partial charge on any atom is 0.335 e. The maximum absolute atomic E-state index is 11.1. The Morgan fingerprint density at radius 1 is 1.50 bits per heavy atom. The Morgan fingerprint density at radius 3 is 2.57 bits per heavy atom. The summed E-state index contributed by atoms with van der Waals surface area (Å²) in [6.07, 6.45) is 0.990. The highest BCUT2D eigenvalue weighted by Crippen LogP contribution is 2.06. The molecule has 1 unspecified atom stereocenters. The highest BCUT2D eigenvalue weighted by Gasteiger charge is 2.13. The number of carbonyl (C=O) groups is 1. The van der Waals surface area contributed by atoms with E-state index < -0.39 is 12.3 Å². The number of ether oxygens (including phenoxy) is 3. The standard InChI is InChI=1S/C10H18O4/c1-5-6-9(13-7-12-4)14-10(11)8(2)3/h9H,2,5-7H2,1,3-4H3. The van der Waals surface area contributed by atoms with Crippen LogP contribution < -0.4 is 0 Å². The third-order valence-electron chi connectivity index (χ3n) is 1.48. The Kier molecular flexibility index (Phi) is 7.06. The fraction of sp³-hybridized carbons (Fsp3) is 0.700. The Balaban J connectivity index is 3.94. The molecule has 0 saturated carbocycles. The van der Waals surface area contributed by atoms with E-state index in [9.17, 15) is 4.79 Å². The van der Waals surface area contributed by atoms with E-state index in [1.807, 2.05) is 6.92 Å². The lowest BCUT2D eigenvalue weighted by molar-refractivity contribution is -0.196. The predicted molar refractivity (Wildman–Crippen MR) is 52.6 cm³/mol. The highest BCUT2D eigenvalue weighted by molar-refractivity contribution is 5.86. The topological polar surface area (TPSA) is 44.8 Å². The van der Waals surface area contributed by atoms with Gasteiger partial charge in [-0.05, 0) is 6.92 Å². The minimum atomic E-state index is -0.538. The lowest BCUT2D eigenvalue weighted by Gasteiger charge is -2.17. The van der Waals surface area contributed by atoms with Crippen LogP contribution in [0.15, 0.2) is 12.2 Å². The minimum Gasteiger partial charge on any atom is -0.432 e. The molecule has 0 aliphatic heterocycles. The maximum atomic E-state index is 11.1. The van der Waals surface area contributed by atoms with Gasteiger partial charge in [-0.3, -0.25) is 0 Å². The van der Waals surface area contributed by atoms with Gasteiger partial charge in [-0.2, -0.15) is 0 Å². The largest absolute Gasteiger partial charge is 0.432 e. The monoisotopic (exact) mass is 202 g/mol. The number of hydrogen-bond acceptors (Lipinski definition) is 4. The summed E-state index contributed by atoms with van der Waals surface area (Å²) in [7, 11) is 1.52.